The molecule has 0 atom stereocenters. The van der Waals surface area contributed by atoms with Crippen LogP contribution < -0.4 is 10.1 Å². The molecule has 6 heteroatoms. The number of benzene rings is 2. The molecular weight excluding hydrogens is 371 g/mol. The zero-order valence-electron chi connectivity index (χ0n) is 10.8. The number of nitrogens with one attached hydrogen (secondary N) is 1. The van der Waals surface area contributed by atoms with E-state index in [9.17, 15) is 10.1 Å². The number of anilines is 1. The van der Waals surface area contributed by atoms with Crippen molar-refractivity contribution in [3.63, 3.8) is 0 Å². The zero-order valence-corrected chi connectivity index (χ0v) is 13.0. The quantitative estimate of drug-likeness (QED) is 0.484. The van der Waals surface area contributed by atoms with Crippen LogP contribution in [-0.2, 0) is 6.61 Å². The maximum Gasteiger partial charge on any atom is 0.292 e. The molecule has 2 aromatic rings. The largest absolute Gasteiger partial charge is 0.489 e. The third-order valence-electron chi connectivity index (χ3n) is 2.75. The number of hydrogen-bond acceptors (Lipinski definition) is 4. The molecule has 0 fully saturated rings. The summed E-state index contributed by atoms with van der Waals surface area (Å²) in [6, 6.07) is 12.6. The number of nitro groups is 1. The van der Waals surface area contributed by atoms with Crippen molar-refractivity contribution in [3.8, 4) is 5.75 Å². The van der Waals surface area contributed by atoms with Gasteiger partial charge in [0.1, 0.15) is 18.0 Å². The number of rotatable bonds is 5. The summed E-state index contributed by atoms with van der Waals surface area (Å²) in [7, 11) is 1.66. The maximum atomic E-state index is 10.8. The van der Waals surface area contributed by atoms with Gasteiger partial charge >= 0.3 is 0 Å². The standard InChI is InChI=1S/C14H13IN2O3/c1-16-13-8-10(2-7-14(13)17(18)19)9-20-12-5-3-11(15)4-6-12/h2-8,16H,9H2,1H3. The van der Waals surface area contributed by atoms with Crippen molar-refractivity contribution in [2.24, 2.45) is 0 Å². The van der Waals surface area contributed by atoms with Gasteiger partial charge in [0.25, 0.3) is 5.69 Å². The summed E-state index contributed by atoms with van der Waals surface area (Å²) in [5.74, 6) is 0.773. The van der Waals surface area contributed by atoms with Gasteiger partial charge in [-0.15, -0.1) is 0 Å². The number of nitro benzene ring substituents is 1. The van der Waals surface area contributed by atoms with E-state index in [1.165, 1.54) is 6.07 Å². The van der Waals surface area contributed by atoms with Gasteiger partial charge in [-0.2, -0.15) is 0 Å². The van der Waals surface area contributed by atoms with Gasteiger partial charge in [0.15, 0.2) is 0 Å². The maximum absolute atomic E-state index is 10.8. The highest BCUT2D eigenvalue weighted by Crippen LogP contribution is 2.25. The molecule has 0 radical (unpaired) electrons. The Labute approximate surface area is 130 Å². The Kier molecular flexibility index (Phi) is 4.78. The van der Waals surface area contributed by atoms with Crippen molar-refractivity contribution < 1.29 is 9.66 Å². The summed E-state index contributed by atoms with van der Waals surface area (Å²) in [6.45, 7) is 0.368. The van der Waals surface area contributed by atoms with Crippen molar-refractivity contribution in [2.45, 2.75) is 6.61 Å². The first-order valence-electron chi connectivity index (χ1n) is 5.93. The van der Waals surface area contributed by atoms with E-state index in [0.717, 1.165) is 14.9 Å². The normalized spacial score (nSPS) is 10.1. The number of nitrogens with zero attached hydrogens (tertiary/aromatic N) is 1. The molecular formula is C14H13IN2O3. The lowest BCUT2D eigenvalue weighted by Gasteiger charge is -2.08. The Morgan fingerprint density at radius 2 is 1.95 bits per heavy atom. The first kappa shape index (κ1) is 14.6. The van der Waals surface area contributed by atoms with E-state index in [4.69, 9.17) is 4.74 Å². The summed E-state index contributed by atoms with van der Waals surface area (Å²) >= 11 is 2.23. The second-order valence-electron chi connectivity index (χ2n) is 4.10. The van der Waals surface area contributed by atoms with E-state index in [2.05, 4.69) is 27.9 Å². The molecule has 0 spiro atoms. The van der Waals surface area contributed by atoms with E-state index in [0.29, 0.717) is 12.3 Å². The third kappa shape index (κ3) is 3.60. The molecule has 2 aromatic carbocycles. The average molecular weight is 384 g/mol. The van der Waals surface area contributed by atoms with Gasteiger partial charge in [-0.25, -0.2) is 0 Å². The van der Waals surface area contributed by atoms with Crippen LogP contribution in [0.5, 0.6) is 5.75 Å². The second-order valence-corrected chi connectivity index (χ2v) is 5.35. The fraction of sp³-hybridized carbons (Fsp3) is 0.143. The van der Waals surface area contributed by atoms with E-state index in [1.54, 1.807) is 19.2 Å². The Balaban J connectivity index is 2.10. The molecule has 5 nitrogen and oxygen atoms in total. The molecule has 104 valence electrons. The van der Waals surface area contributed by atoms with E-state index < -0.39 is 4.92 Å². The Bertz CT molecular complexity index is 614. The molecule has 0 aliphatic heterocycles. The molecule has 20 heavy (non-hydrogen) atoms. The van der Waals surface area contributed by atoms with Gasteiger partial charge in [-0.1, -0.05) is 0 Å². The first-order chi connectivity index (χ1) is 9.60. The Morgan fingerprint density at radius 3 is 2.55 bits per heavy atom. The lowest BCUT2D eigenvalue weighted by molar-refractivity contribution is -0.384. The lowest BCUT2D eigenvalue weighted by Crippen LogP contribution is -2.00. The van der Waals surface area contributed by atoms with Crippen molar-refractivity contribution in [1.82, 2.24) is 0 Å². The summed E-state index contributed by atoms with van der Waals surface area (Å²) in [6.07, 6.45) is 0. The van der Waals surface area contributed by atoms with Gasteiger partial charge in [-0.05, 0) is 64.6 Å². The summed E-state index contributed by atoms with van der Waals surface area (Å²) in [4.78, 5) is 10.4. The molecule has 0 bridgehead atoms. The Hall–Kier alpha value is -1.83. The van der Waals surface area contributed by atoms with Crippen molar-refractivity contribution in [1.29, 1.82) is 0 Å². The van der Waals surface area contributed by atoms with E-state index >= 15 is 0 Å². The van der Waals surface area contributed by atoms with Gasteiger partial charge in [0.2, 0.25) is 0 Å². The lowest BCUT2D eigenvalue weighted by atomic mass is 10.2. The highest BCUT2D eigenvalue weighted by atomic mass is 127. The fourth-order valence-corrected chi connectivity index (χ4v) is 2.09. The van der Waals surface area contributed by atoms with Crippen molar-refractivity contribution in [3.05, 3.63) is 61.7 Å². The van der Waals surface area contributed by atoms with Crippen molar-refractivity contribution >= 4 is 34.0 Å². The van der Waals surface area contributed by atoms with Crippen molar-refractivity contribution in [2.75, 3.05) is 12.4 Å². The highest BCUT2D eigenvalue weighted by Gasteiger charge is 2.12. The smallest absolute Gasteiger partial charge is 0.292 e. The fourth-order valence-electron chi connectivity index (χ4n) is 1.73. The summed E-state index contributed by atoms with van der Waals surface area (Å²) in [5.41, 5.74) is 1.42. The van der Waals surface area contributed by atoms with Crippen LogP contribution in [-0.4, -0.2) is 12.0 Å². The van der Waals surface area contributed by atoms with E-state index in [-0.39, 0.29) is 5.69 Å². The van der Waals surface area contributed by atoms with Gasteiger partial charge in [0.05, 0.1) is 4.92 Å². The van der Waals surface area contributed by atoms with Crippen LogP contribution in [0.25, 0.3) is 0 Å². The van der Waals surface area contributed by atoms with Gasteiger partial charge < -0.3 is 10.1 Å². The number of ether oxygens (including phenoxy) is 1. The second kappa shape index (κ2) is 6.56. The molecule has 0 aromatic heterocycles. The van der Waals surface area contributed by atoms with Gasteiger partial charge in [-0.3, -0.25) is 10.1 Å². The number of hydrogen-bond donors (Lipinski definition) is 1. The van der Waals surface area contributed by atoms with Crippen LogP contribution >= 0.6 is 22.6 Å². The Morgan fingerprint density at radius 1 is 1.25 bits per heavy atom. The molecule has 0 aliphatic rings. The molecule has 0 amide bonds. The summed E-state index contributed by atoms with van der Waals surface area (Å²) in [5, 5.41) is 13.7. The molecule has 0 unspecified atom stereocenters. The highest BCUT2D eigenvalue weighted by molar-refractivity contribution is 14.1. The van der Waals surface area contributed by atoms with Crippen LogP contribution in [0.4, 0.5) is 11.4 Å². The zero-order chi connectivity index (χ0) is 14.5. The third-order valence-corrected chi connectivity index (χ3v) is 3.47. The molecule has 2 rings (SSSR count). The van der Waals surface area contributed by atoms with Crippen LogP contribution in [0, 0.1) is 13.7 Å². The number of halogens is 1. The van der Waals surface area contributed by atoms with Crippen LogP contribution in [0.15, 0.2) is 42.5 Å². The average Bonchev–Trinajstić information content (AvgIpc) is 2.46. The molecule has 1 N–H and O–H groups in total. The molecule has 0 heterocycles. The van der Waals surface area contributed by atoms with Crippen LogP contribution in [0.2, 0.25) is 0 Å². The minimum absolute atomic E-state index is 0.0607. The summed E-state index contributed by atoms with van der Waals surface area (Å²) < 4.78 is 6.79. The minimum atomic E-state index is -0.407. The molecule has 0 saturated carbocycles. The van der Waals surface area contributed by atoms with E-state index in [1.807, 2.05) is 24.3 Å². The van der Waals surface area contributed by atoms with Crippen LogP contribution in [0.3, 0.4) is 0 Å². The van der Waals surface area contributed by atoms with Gasteiger partial charge in [0, 0.05) is 16.7 Å². The first-order valence-corrected chi connectivity index (χ1v) is 7.01. The predicted octanol–water partition coefficient (Wildman–Crippen LogP) is 3.82. The molecule has 0 aliphatic carbocycles. The minimum Gasteiger partial charge on any atom is -0.489 e. The molecule has 0 saturated heterocycles. The predicted molar refractivity (Wildman–Crippen MR) is 86.1 cm³/mol. The van der Waals surface area contributed by atoms with Crippen LogP contribution in [0.1, 0.15) is 5.56 Å². The topological polar surface area (TPSA) is 64.4 Å². The monoisotopic (exact) mass is 384 g/mol. The SMILES string of the molecule is CNc1cc(COc2ccc(I)cc2)ccc1[N+](=O)[O-].